The number of nitriles is 1. The molecule has 5 heterocycles. The zero-order valence-electron chi connectivity index (χ0n) is 20.9. The topological polar surface area (TPSA) is 109 Å². The quantitative estimate of drug-likeness (QED) is 0.477. The van der Waals surface area contributed by atoms with E-state index < -0.39 is 11.6 Å². The van der Waals surface area contributed by atoms with E-state index in [1.807, 2.05) is 23.1 Å². The van der Waals surface area contributed by atoms with Crippen LogP contribution in [0.25, 0.3) is 16.6 Å². The fraction of sp³-hybridized carbons (Fsp3) is 0.423. The molecule has 0 spiro atoms. The molecular formula is C26H28FN7O3. The van der Waals surface area contributed by atoms with E-state index >= 15 is 4.39 Å². The van der Waals surface area contributed by atoms with Crippen molar-refractivity contribution in [1.82, 2.24) is 29.2 Å². The lowest BCUT2D eigenvalue weighted by molar-refractivity contribution is -0.162. The van der Waals surface area contributed by atoms with Gasteiger partial charge in [0.05, 0.1) is 38.6 Å². The summed E-state index contributed by atoms with van der Waals surface area (Å²) in [5.41, 5.74) is 1.89. The Morgan fingerprint density at radius 2 is 2.00 bits per heavy atom. The minimum Gasteiger partial charge on any atom is -0.494 e. The lowest BCUT2D eigenvalue weighted by Crippen LogP contribution is -2.68. The molecule has 2 aliphatic rings. The molecule has 0 unspecified atom stereocenters. The van der Waals surface area contributed by atoms with E-state index in [1.54, 1.807) is 16.5 Å². The predicted octanol–water partition coefficient (Wildman–Crippen LogP) is 2.54. The van der Waals surface area contributed by atoms with Crippen LogP contribution in [0.15, 0.2) is 37.3 Å². The Hall–Kier alpha value is -4.20. The van der Waals surface area contributed by atoms with Gasteiger partial charge in [-0.05, 0) is 31.4 Å². The molecular weight excluding hydrogens is 477 g/mol. The van der Waals surface area contributed by atoms with Crippen LogP contribution in [0.2, 0.25) is 0 Å². The van der Waals surface area contributed by atoms with Crippen molar-refractivity contribution in [2.45, 2.75) is 37.9 Å². The molecule has 0 saturated carbocycles. The maximum atomic E-state index is 15.1. The van der Waals surface area contributed by atoms with Crippen molar-refractivity contribution < 1.29 is 18.7 Å². The Kier molecular flexibility index (Phi) is 6.19. The molecule has 0 aliphatic carbocycles. The Morgan fingerprint density at radius 1 is 1.27 bits per heavy atom. The molecule has 2 amide bonds. The summed E-state index contributed by atoms with van der Waals surface area (Å²) in [6.45, 7) is 5.87. The van der Waals surface area contributed by atoms with Gasteiger partial charge in [0.1, 0.15) is 22.9 Å². The zero-order chi connectivity index (χ0) is 26.3. The molecule has 192 valence electrons. The van der Waals surface area contributed by atoms with E-state index in [2.05, 4.69) is 24.7 Å². The van der Waals surface area contributed by atoms with Gasteiger partial charge in [-0.25, -0.2) is 8.91 Å². The van der Waals surface area contributed by atoms with Gasteiger partial charge in [0, 0.05) is 36.1 Å². The highest BCUT2D eigenvalue weighted by molar-refractivity contribution is 5.93. The van der Waals surface area contributed by atoms with Crippen LogP contribution in [-0.4, -0.2) is 80.0 Å². The lowest BCUT2D eigenvalue weighted by atomic mass is 9.92. The number of piperidine rings is 1. The second kappa shape index (κ2) is 9.35. The van der Waals surface area contributed by atoms with Crippen LogP contribution in [0.4, 0.5) is 4.39 Å². The third-order valence-corrected chi connectivity index (χ3v) is 7.31. The molecule has 3 aromatic heterocycles. The zero-order valence-corrected chi connectivity index (χ0v) is 20.9. The van der Waals surface area contributed by atoms with Crippen molar-refractivity contribution in [3.63, 3.8) is 0 Å². The van der Waals surface area contributed by atoms with Gasteiger partial charge in [0.15, 0.2) is 0 Å². The standard InChI is InChI=1S/C26H28FN7O3/c1-4-21-20(17-10-22(37-3)24-18(11-28)12-29-33(24)14-17)13-30-34(21)19-6-8-31(9-7-19)25(36)26(27)15-32(16-26)23(35)5-2/h5,10,12-14,19H,2,4,6-9,15-16H2,1,3H3. The minimum absolute atomic E-state index is 0.0732. The number of likely N-dealkylation sites (tertiary alicyclic amines) is 2. The fourth-order valence-electron chi connectivity index (χ4n) is 5.34. The molecule has 0 aromatic carbocycles. The number of halogens is 1. The van der Waals surface area contributed by atoms with Gasteiger partial charge in [-0.3, -0.25) is 14.3 Å². The van der Waals surface area contributed by atoms with E-state index in [0.29, 0.717) is 42.8 Å². The third kappa shape index (κ3) is 4.02. The first-order valence-corrected chi connectivity index (χ1v) is 12.2. The Morgan fingerprint density at radius 3 is 2.62 bits per heavy atom. The number of ether oxygens (including phenoxy) is 1. The molecule has 10 nitrogen and oxygen atoms in total. The first-order chi connectivity index (χ1) is 17.8. The minimum atomic E-state index is -2.02. The maximum absolute atomic E-state index is 15.1. The Bertz CT molecular complexity index is 1420. The summed E-state index contributed by atoms with van der Waals surface area (Å²) in [6, 6.07) is 4.10. The van der Waals surface area contributed by atoms with E-state index in [0.717, 1.165) is 29.3 Å². The van der Waals surface area contributed by atoms with E-state index in [-0.39, 0.29) is 25.0 Å². The molecule has 2 aliphatic heterocycles. The molecule has 0 N–H and O–H groups in total. The summed E-state index contributed by atoms with van der Waals surface area (Å²) in [7, 11) is 1.56. The Labute approximate surface area is 213 Å². The van der Waals surface area contributed by atoms with Gasteiger partial charge >= 0.3 is 0 Å². The molecule has 11 heteroatoms. The number of methoxy groups -OCH3 is 1. The summed E-state index contributed by atoms with van der Waals surface area (Å²) in [5, 5.41) is 18.4. The molecule has 0 radical (unpaired) electrons. The fourth-order valence-corrected chi connectivity index (χ4v) is 5.34. The molecule has 2 fully saturated rings. The largest absolute Gasteiger partial charge is 0.494 e. The second-order valence-electron chi connectivity index (χ2n) is 9.45. The second-order valence-corrected chi connectivity index (χ2v) is 9.45. The first-order valence-electron chi connectivity index (χ1n) is 12.2. The highest BCUT2D eigenvalue weighted by atomic mass is 19.1. The van der Waals surface area contributed by atoms with E-state index in [1.165, 1.54) is 11.1 Å². The number of alkyl halides is 1. The smallest absolute Gasteiger partial charge is 0.264 e. The van der Waals surface area contributed by atoms with E-state index in [9.17, 15) is 14.9 Å². The van der Waals surface area contributed by atoms with Crippen molar-refractivity contribution in [2.24, 2.45) is 0 Å². The van der Waals surface area contributed by atoms with Crippen LogP contribution in [0.3, 0.4) is 0 Å². The molecule has 0 bridgehead atoms. The number of aromatic nitrogens is 4. The van der Waals surface area contributed by atoms with Crippen LogP contribution < -0.4 is 4.74 Å². The average molecular weight is 506 g/mol. The van der Waals surface area contributed by atoms with Crippen LogP contribution in [-0.2, 0) is 16.0 Å². The average Bonchev–Trinajstić information content (AvgIpc) is 3.54. The lowest BCUT2D eigenvalue weighted by Gasteiger charge is -2.45. The van der Waals surface area contributed by atoms with Gasteiger partial charge < -0.3 is 14.5 Å². The van der Waals surface area contributed by atoms with Gasteiger partial charge in [-0.2, -0.15) is 15.5 Å². The van der Waals surface area contributed by atoms with Crippen LogP contribution in [0.1, 0.15) is 37.1 Å². The number of pyridine rings is 1. The number of carbonyl (C=O) groups excluding carboxylic acids is 2. The normalized spacial score (nSPS) is 17.4. The highest BCUT2D eigenvalue weighted by Gasteiger charge is 2.53. The van der Waals surface area contributed by atoms with Crippen LogP contribution in [0.5, 0.6) is 5.75 Å². The SMILES string of the molecule is C=CC(=O)N1CC(F)(C(=O)N2CCC(n3ncc(-c4cc(OC)c5c(C#N)cnn5c4)c3CC)CC2)C1. The molecule has 2 saturated heterocycles. The van der Waals surface area contributed by atoms with Crippen molar-refractivity contribution in [3.05, 3.63) is 48.6 Å². The predicted molar refractivity (Wildman–Crippen MR) is 133 cm³/mol. The molecule has 5 rings (SSSR count). The van der Waals surface area contributed by atoms with Crippen molar-refractivity contribution in [1.29, 1.82) is 5.26 Å². The van der Waals surface area contributed by atoms with Gasteiger partial charge in [0.2, 0.25) is 11.6 Å². The summed E-state index contributed by atoms with van der Waals surface area (Å²) in [5.74, 6) is -0.360. The van der Waals surface area contributed by atoms with Crippen molar-refractivity contribution in [3.8, 4) is 22.9 Å². The monoisotopic (exact) mass is 505 g/mol. The number of amides is 2. The number of nitrogens with zero attached hydrogens (tertiary/aromatic N) is 7. The maximum Gasteiger partial charge on any atom is 0.264 e. The molecule has 0 atom stereocenters. The van der Waals surface area contributed by atoms with Gasteiger partial charge in [-0.15, -0.1) is 0 Å². The van der Waals surface area contributed by atoms with Crippen LogP contribution in [0, 0.1) is 11.3 Å². The number of fused-ring (bicyclic) bond motifs is 1. The Balaban J connectivity index is 1.33. The van der Waals surface area contributed by atoms with Crippen molar-refractivity contribution in [2.75, 3.05) is 33.3 Å². The number of hydrogen-bond donors (Lipinski definition) is 0. The summed E-state index contributed by atoms with van der Waals surface area (Å²) in [6.07, 6.45) is 8.36. The summed E-state index contributed by atoms with van der Waals surface area (Å²) < 4.78 is 24.3. The third-order valence-electron chi connectivity index (χ3n) is 7.31. The highest BCUT2D eigenvalue weighted by Crippen LogP contribution is 2.35. The molecule has 37 heavy (non-hydrogen) atoms. The van der Waals surface area contributed by atoms with Gasteiger partial charge in [0.25, 0.3) is 5.91 Å². The summed E-state index contributed by atoms with van der Waals surface area (Å²) in [4.78, 5) is 27.3. The number of rotatable bonds is 6. The number of hydrogen-bond acceptors (Lipinski definition) is 6. The number of carbonyl (C=O) groups is 2. The summed E-state index contributed by atoms with van der Waals surface area (Å²) >= 11 is 0. The van der Waals surface area contributed by atoms with Gasteiger partial charge in [-0.1, -0.05) is 13.5 Å². The van der Waals surface area contributed by atoms with E-state index in [4.69, 9.17) is 9.84 Å². The first kappa shape index (κ1) is 24.5. The molecule has 3 aromatic rings. The van der Waals surface area contributed by atoms with Crippen molar-refractivity contribution >= 4 is 17.3 Å². The van der Waals surface area contributed by atoms with Crippen LogP contribution >= 0.6 is 0 Å².